The van der Waals surface area contributed by atoms with Gasteiger partial charge in [0.25, 0.3) is 5.56 Å². The molecular weight excluding hydrogens is 384 g/mol. The van der Waals surface area contributed by atoms with Crippen LogP contribution in [0.4, 0.5) is 0 Å². The first-order valence-electron chi connectivity index (χ1n) is 8.08. The normalized spacial score (nSPS) is 12.3. The van der Waals surface area contributed by atoms with Crippen molar-refractivity contribution >= 4 is 39.7 Å². The Morgan fingerprint density at radius 3 is 2.58 bits per heavy atom. The molecule has 0 aliphatic rings. The molecule has 26 heavy (non-hydrogen) atoms. The lowest BCUT2D eigenvalue weighted by molar-refractivity contribution is 1.04. The molecule has 2 aromatic heterocycles. The lowest BCUT2D eigenvalue weighted by Crippen LogP contribution is -2.12. The van der Waals surface area contributed by atoms with Crippen LogP contribution in [0.1, 0.15) is 22.1 Å². The average Bonchev–Trinajstić information content (AvgIpc) is 3.13. The number of aromatic nitrogens is 2. The standard InChI is InChI=1S/C20H15ClN2OS2/c21-16-8-6-15(7-9-16)19(14-4-2-1-3-5-14)26-13-17-12-18(24)23-10-11-25-20(23)22-17/h1-12,19H,13H2. The molecule has 0 saturated carbocycles. The first kappa shape index (κ1) is 17.3. The predicted octanol–water partition coefficient (Wildman–Crippen LogP) is 5.43. The maximum absolute atomic E-state index is 12.2. The number of hydrogen-bond donors (Lipinski definition) is 0. The van der Waals surface area contributed by atoms with E-state index in [0.717, 1.165) is 15.7 Å². The van der Waals surface area contributed by atoms with Gasteiger partial charge in [0.2, 0.25) is 0 Å². The molecule has 6 heteroatoms. The fourth-order valence-electron chi connectivity index (χ4n) is 2.78. The molecule has 0 spiro atoms. The number of hydrogen-bond acceptors (Lipinski definition) is 4. The second kappa shape index (κ2) is 7.66. The zero-order valence-electron chi connectivity index (χ0n) is 13.7. The fraction of sp³-hybridized carbons (Fsp3) is 0.100. The van der Waals surface area contributed by atoms with Gasteiger partial charge < -0.3 is 0 Å². The maximum Gasteiger partial charge on any atom is 0.258 e. The zero-order chi connectivity index (χ0) is 17.9. The van der Waals surface area contributed by atoms with Gasteiger partial charge >= 0.3 is 0 Å². The highest BCUT2D eigenvalue weighted by Crippen LogP contribution is 2.37. The molecule has 1 unspecified atom stereocenters. The minimum absolute atomic E-state index is 0.0328. The monoisotopic (exact) mass is 398 g/mol. The summed E-state index contributed by atoms with van der Waals surface area (Å²) < 4.78 is 1.58. The van der Waals surface area contributed by atoms with Gasteiger partial charge in [-0.2, -0.15) is 0 Å². The van der Waals surface area contributed by atoms with E-state index in [2.05, 4.69) is 29.2 Å². The number of halogens is 1. The van der Waals surface area contributed by atoms with E-state index in [1.807, 2.05) is 35.7 Å². The van der Waals surface area contributed by atoms with Gasteiger partial charge in [-0.1, -0.05) is 54.1 Å². The second-order valence-electron chi connectivity index (χ2n) is 5.79. The van der Waals surface area contributed by atoms with Crippen molar-refractivity contribution in [1.82, 2.24) is 9.38 Å². The third-order valence-electron chi connectivity index (χ3n) is 4.03. The van der Waals surface area contributed by atoms with Crippen molar-refractivity contribution < 1.29 is 0 Å². The van der Waals surface area contributed by atoms with Crippen molar-refractivity contribution in [3.05, 3.63) is 104 Å². The molecule has 0 radical (unpaired) electrons. The molecule has 2 aromatic carbocycles. The molecule has 0 aliphatic heterocycles. The fourth-order valence-corrected chi connectivity index (χ4v) is 4.83. The molecule has 0 N–H and O–H groups in total. The number of thiazole rings is 1. The lowest BCUT2D eigenvalue weighted by Gasteiger charge is -2.17. The van der Waals surface area contributed by atoms with Gasteiger partial charge in [0.15, 0.2) is 4.96 Å². The summed E-state index contributed by atoms with van der Waals surface area (Å²) >= 11 is 9.27. The highest BCUT2D eigenvalue weighted by molar-refractivity contribution is 7.98. The Hall–Kier alpha value is -2.08. The Morgan fingerprint density at radius 1 is 1.08 bits per heavy atom. The number of benzene rings is 2. The first-order valence-corrected chi connectivity index (χ1v) is 10.4. The Labute approximate surface area is 164 Å². The van der Waals surface area contributed by atoms with E-state index < -0.39 is 0 Å². The van der Waals surface area contributed by atoms with Crippen molar-refractivity contribution in [1.29, 1.82) is 0 Å². The van der Waals surface area contributed by atoms with Gasteiger partial charge in [0, 0.05) is 28.4 Å². The highest BCUT2D eigenvalue weighted by atomic mass is 35.5. The van der Waals surface area contributed by atoms with Crippen molar-refractivity contribution in [2.75, 3.05) is 0 Å². The summed E-state index contributed by atoms with van der Waals surface area (Å²) in [5, 5.41) is 2.75. The van der Waals surface area contributed by atoms with E-state index in [1.54, 1.807) is 28.4 Å². The predicted molar refractivity (Wildman–Crippen MR) is 110 cm³/mol. The van der Waals surface area contributed by atoms with Crippen LogP contribution >= 0.6 is 34.7 Å². The second-order valence-corrected chi connectivity index (χ2v) is 8.20. The summed E-state index contributed by atoms with van der Waals surface area (Å²) in [5.74, 6) is 0.659. The summed E-state index contributed by atoms with van der Waals surface area (Å²) in [6, 6.07) is 19.9. The molecule has 0 saturated heterocycles. The summed E-state index contributed by atoms with van der Waals surface area (Å²) in [5.41, 5.74) is 3.17. The SMILES string of the molecule is O=c1cc(CSC(c2ccccc2)c2ccc(Cl)cc2)nc2sccn12. The lowest BCUT2D eigenvalue weighted by atomic mass is 10.0. The van der Waals surface area contributed by atoms with E-state index in [9.17, 15) is 4.79 Å². The number of thioether (sulfide) groups is 1. The molecule has 0 fully saturated rings. The third kappa shape index (κ3) is 3.70. The molecule has 0 aliphatic carbocycles. The summed E-state index contributed by atoms with van der Waals surface area (Å²) in [4.78, 5) is 17.5. The number of rotatable bonds is 5. The molecule has 4 aromatic rings. The molecule has 4 rings (SSSR count). The van der Waals surface area contributed by atoms with Crippen molar-refractivity contribution in [2.24, 2.45) is 0 Å². The van der Waals surface area contributed by atoms with E-state index in [0.29, 0.717) is 5.75 Å². The summed E-state index contributed by atoms with van der Waals surface area (Å²) in [6.45, 7) is 0. The number of fused-ring (bicyclic) bond motifs is 1. The van der Waals surface area contributed by atoms with Gasteiger partial charge in [0.05, 0.1) is 10.9 Å². The van der Waals surface area contributed by atoms with Crippen LogP contribution in [-0.2, 0) is 5.75 Å². The Balaban J connectivity index is 1.64. The number of nitrogens with zero attached hydrogens (tertiary/aromatic N) is 2. The van der Waals surface area contributed by atoms with Crippen molar-refractivity contribution in [2.45, 2.75) is 11.0 Å². The van der Waals surface area contributed by atoms with Gasteiger partial charge in [0.1, 0.15) is 0 Å². The minimum Gasteiger partial charge on any atom is -0.269 e. The van der Waals surface area contributed by atoms with E-state index in [4.69, 9.17) is 11.6 Å². The van der Waals surface area contributed by atoms with Crippen LogP contribution in [0, 0.1) is 0 Å². The first-order chi connectivity index (χ1) is 12.7. The van der Waals surface area contributed by atoms with E-state index in [-0.39, 0.29) is 10.8 Å². The van der Waals surface area contributed by atoms with Crippen LogP contribution in [0.5, 0.6) is 0 Å². The van der Waals surface area contributed by atoms with Crippen molar-refractivity contribution in [3.63, 3.8) is 0 Å². The van der Waals surface area contributed by atoms with Crippen LogP contribution in [0.15, 0.2) is 77.0 Å². The molecule has 0 amide bonds. The van der Waals surface area contributed by atoms with E-state index in [1.165, 1.54) is 22.5 Å². The Bertz CT molecular complexity index is 1070. The van der Waals surface area contributed by atoms with Crippen LogP contribution in [0.25, 0.3) is 4.96 Å². The summed E-state index contributed by atoms with van der Waals surface area (Å²) in [6.07, 6.45) is 1.76. The van der Waals surface area contributed by atoms with Crippen LogP contribution in [0.3, 0.4) is 0 Å². The summed E-state index contributed by atoms with van der Waals surface area (Å²) in [7, 11) is 0. The van der Waals surface area contributed by atoms with Crippen LogP contribution in [-0.4, -0.2) is 9.38 Å². The van der Waals surface area contributed by atoms with Gasteiger partial charge in [-0.3, -0.25) is 9.20 Å². The van der Waals surface area contributed by atoms with Gasteiger partial charge in [-0.15, -0.1) is 23.1 Å². The third-order valence-corrected chi connectivity index (χ3v) is 6.38. The quantitative estimate of drug-likeness (QED) is 0.449. The van der Waals surface area contributed by atoms with Crippen molar-refractivity contribution in [3.8, 4) is 0 Å². The van der Waals surface area contributed by atoms with Crippen LogP contribution in [0.2, 0.25) is 5.02 Å². The average molecular weight is 399 g/mol. The zero-order valence-corrected chi connectivity index (χ0v) is 16.1. The highest BCUT2D eigenvalue weighted by Gasteiger charge is 2.16. The van der Waals surface area contributed by atoms with E-state index >= 15 is 0 Å². The Morgan fingerprint density at radius 2 is 1.81 bits per heavy atom. The maximum atomic E-state index is 12.2. The molecular formula is C20H15ClN2OS2. The molecule has 2 heterocycles. The molecule has 0 bridgehead atoms. The minimum atomic E-state index is -0.0328. The van der Waals surface area contributed by atoms with Crippen LogP contribution < -0.4 is 5.56 Å². The molecule has 1 atom stereocenters. The van der Waals surface area contributed by atoms with Gasteiger partial charge in [-0.05, 0) is 23.3 Å². The smallest absolute Gasteiger partial charge is 0.258 e. The Kier molecular flexibility index (Phi) is 5.11. The van der Waals surface area contributed by atoms with Gasteiger partial charge in [-0.25, -0.2) is 4.98 Å². The molecule has 130 valence electrons. The topological polar surface area (TPSA) is 34.4 Å². The largest absolute Gasteiger partial charge is 0.269 e. The molecule has 3 nitrogen and oxygen atoms in total.